The van der Waals surface area contributed by atoms with Gasteiger partial charge in [-0.25, -0.2) is 18.2 Å². The monoisotopic (exact) mass is 228 g/mol. The number of rotatable bonds is 2. The number of benzene rings is 1. The Bertz CT molecular complexity index is 525. The third-order valence-corrected chi connectivity index (χ3v) is 2.03. The summed E-state index contributed by atoms with van der Waals surface area (Å²) in [5.74, 6) is -2.89. The molecule has 0 fully saturated rings. The average Bonchev–Trinajstić information content (AvgIpc) is 2.60. The van der Waals surface area contributed by atoms with Gasteiger partial charge in [0.05, 0.1) is 6.20 Å². The van der Waals surface area contributed by atoms with Gasteiger partial charge in [0.15, 0.2) is 11.6 Å². The zero-order valence-electron chi connectivity index (χ0n) is 8.01. The van der Waals surface area contributed by atoms with Gasteiger partial charge in [-0.05, 0) is 11.6 Å². The topological polar surface area (TPSA) is 52.0 Å². The van der Waals surface area contributed by atoms with E-state index in [9.17, 15) is 13.2 Å². The molecule has 0 atom stereocenters. The van der Waals surface area contributed by atoms with E-state index in [2.05, 4.69) is 4.98 Å². The van der Waals surface area contributed by atoms with Gasteiger partial charge in [0.25, 0.3) is 6.01 Å². The average molecular weight is 228 g/mol. The minimum atomic E-state index is -1.22. The van der Waals surface area contributed by atoms with E-state index in [4.69, 9.17) is 10.2 Å². The van der Waals surface area contributed by atoms with Crippen molar-refractivity contribution in [1.82, 2.24) is 4.98 Å². The van der Waals surface area contributed by atoms with Crippen LogP contribution >= 0.6 is 0 Å². The molecule has 2 N–H and O–H groups in total. The Morgan fingerprint density at radius 1 is 1.12 bits per heavy atom. The second kappa shape index (κ2) is 3.88. The number of nitrogen functional groups attached to an aromatic ring is 1. The molecule has 84 valence electrons. The van der Waals surface area contributed by atoms with Crippen LogP contribution in [0.4, 0.5) is 19.2 Å². The van der Waals surface area contributed by atoms with E-state index in [1.54, 1.807) is 0 Å². The van der Waals surface area contributed by atoms with Gasteiger partial charge < -0.3 is 10.2 Å². The Labute approximate surface area is 88.7 Å². The van der Waals surface area contributed by atoms with E-state index in [0.717, 1.165) is 6.07 Å². The maximum absolute atomic E-state index is 13.2. The summed E-state index contributed by atoms with van der Waals surface area (Å²) in [5.41, 5.74) is 5.20. The number of hydrogen-bond acceptors (Lipinski definition) is 3. The molecule has 6 heteroatoms. The van der Waals surface area contributed by atoms with Gasteiger partial charge >= 0.3 is 0 Å². The Hall–Kier alpha value is -1.98. The first-order valence-electron chi connectivity index (χ1n) is 4.40. The second-order valence-electron chi connectivity index (χ2n) is 3.20. The lowest BCUT2D eigenvalue weighted by atomic mass is 10.1. The Kier molecular flexibility index (Phi) is 2.55. The van der Waals surface area contributed by atoms with Crippen LogP contribution in [0.25, 0.3) is 0 Å². The molecule has 1 aromatic carbocycles. The lowest BCUT2D eigenvalue weighted by Gasteiger charge is -2.01. The molecular weight excluding hydrogens is 221 g/mol. The van der Waals surface area contributed by atoms with Gasteiger partial charge in [0, 0.05) is 12.5 Å². The number of nitrogens with zero attached hydrogens (tertiary/aromatic N) is 1. The van der Waals surface area contributed by atoms with Crippen molar-refractivity contribution >= 4 is 6.01 Å². The molecule has 3 nitrogen and oxygen atoms in total. The molecule has 1 heterocycles. The minimum absolute atomic E-state index is 0.0185. The standard InChI is InChI=1S/C10H7F3N2O/c11-7-3-9(13)8(12)2-5(7)1-6-4-15-10(14)16-6/h2-4H,1H2,(H2,14,15). The lowest BCUT2D eigenvalue weighted by Crippen LogP contribution is -1.96. The first-order chi connectivity index (χ1) is 7.56. The number of nitrogens with two attached hydrogens (primary N) is 1. The highest BCUT2D eigenvalue weighted by atomic mass is 19.2. The van der Waals surface area contributed by atoms with Crippen LogP contribution in [0.5, 0.6) is 0 Å². The van der Waals surface area contributed by atoms with Crippen molar-refractivity contribution in [2.45, 2.75) is 6.42 Å². The highest BCUT2D eigenvalue weighted by Gasteiger charge is 2.12. The van der Waals surface area contributed by atoms with Crippen LogP contribution in [0.2, 0.25) is 0 Å². The van der Waals surface area contributed by atoms with Crippen molar-refractivity contribution < 1.29 is 17.6 Å². The van der Waals surface area contributed by atoms with Gasteiger partial charge in [-0.1, -0.05) is 0 Å². The molecule has 0 saturated heterocycles. The molecule has 0 spiro atoms. The van der Waals surface area contributed by atoms with E-state index in [1.165, 1.54) is 6.20 Å². The number of oxazole rings is 1. The molecule has 0 aliphatic carbocycles. The summed E-state index contributed by atoms with van der Waals surface area (Å²) in [5, 5.41) is 0. The lowest BCUT2D eigenvalue weighted by molar-refractivity contribution is 0.486. The van der Waals surface area contributed by atoms with Crippen LogP contribution in [-0.2, 0) is 6.42 Å². The summed E-state index contributed by atoms with van der Waals surface area (Å²) in [6.45, 7) is 0. The highest BCUT2D eigenvalue weighted by Crippen LogP contribution is 2.18. The first kappa shape index (κ1) is 10.5. The number of hydrogen-bond donors (Lipinski definition) is 1. The predicted octanol–water partition coefficient (Wildman–Crippen LogP) is 2.26. The summed E-state index contributed by atoms with van der Waals surface area (Å²) in [7, 11) is 0. The molecule has 0 aliphatic heterocycles. The van der Waals surface area contributed by atoms with E-state index in [1.807, 2.05) is 0 Å². The SMILES string of the molecule is Nc1ncc(Cc2cc(F)c(F)cc2F)o1. The maximum atomic E-state index is 13.2. The molecular formula is C10H7F3N2O. The zero-order chi connectivity index (χ0) is 11.7. The normalized spacial score (nSPS) is 10.7. The maximum Gasteiger partial charge on any atom is 0.292 e. The molecule has 2 aromatic rings. The van der Waals surface area contributed by atoms with Crippen LogP contribution in [0, 0.1) is 17.5 Å². The largest absolute Gasteiger partial charge is 0.429 e. The fourth-order valence-corrected chi connectivity index (χ4v) is 1.29. The molecule has 1 aromatic heterocycles. The molecule has 16 heavy (non-hydrogen) atoms. The second-order valence-corrected chi connectivity index (χ2v) is 3.20. The van der Waals surface area contributed by atoms with Crippen molar-refractivity contribution in [3.8, 4) is 0 Å². The minimum Gasteiger partial charge on any atom is -0.429 e. The van der Waals surface area contributed by atoms with Crippen LogP contribution in [0.15, 0.2) is 22.7 Å². The summed E-state index contributed by atoms with van der Waals surface area (Å²) < 4.78 is 43.6. The van der Waals surface area contributed by atoms with E-state index < -0.39 is 17.5 Å². The quantitative estimate of drug-likeness (QED) is 0.802. The Balaban J connectivity index is 2.31. The Morgan fingerprint density at radius 2 is 1.81 bits per heavy atom. The van der Waals surface area contributed by atoms with Crippen molar-refractivity contribution in [2.24, 2.45) is 0 Å². The molecule has 2 rings (SSSR count). The number of aromatic nitrogens is 1. The van der Waals surface area contributed by atoms with Crippen molar-refractivity contribution in [3.63, 3.8) is 0 Å². The fourth-order valence-electron chi connectivity index (χ4n) is 1.29. The van der Waals surface area contributed by atoms with Gasteiger partial charge in [-0.2, -0.15) is 0 Å². The van der Waals surface area contributed by atoms with Gasteiger partial charge in [0.2, 0.25) is 0 Å². The van der Waals surface area contributed by atoms with Crippen LogP contribution in [0.3, 0.4) is 0 Å². The zero-order valence-corrected chi connectivity index (χ0v) is 8.01. The van der Waals surface area contributed by atoms with Gasteiger partial charge in [-0.3, -0.25) is 0 Å². The summed E-state index contributed by atoms with van der Waals surface area (Å²) >= 11 is 0. The summed E-state index contributed by atoms with van der Waals surface area (Å²) in [6, 6.07) is 1.21. The van der Waals surface area contributed by atoms with Crippen molar-refractivity contribution in [3.05, 3.63) is 47.1 Å². The predicted molar refractivity (Wildman–Crippen MR) is 50.0 cm³/mol. The molecule has 0 amide bonds. The first-order valence-corrected chi connectivity index (χ1v) is 4.40. The van der Waals surface area contributed by atoms with Crippen LogP contribution in [-0.4, -0.2) is 4.98 Å². The Morgan fingerprint density at radius 3 is 2.44 bits per heavy atom. The van der Waals surface area contributed by atoms with Crippen LogP contribution in [0.1, 0.15) is 11.3 Å². The molecule has 0 unspecified atom stereocenters. The van der Waals surface area contributed by atoms with Crippen LogP contribution < -0.4 is 5.73 Å². The third kappa shape index (κ3) is 2.00. The van der Waals surface area contributed by atoms with Gasteiger partial charge in [-0.15, -0.1) is 0 Å². The smallest absolute Gasteiger partial charge is 0.292 e. The third-order valence-electron chi connectivity index (χ3n) is 2.03. The van der Waals surface area contributed by atoms with E-state index in [-0.39, 0.29) is 23.8 Å². The molecule has 0 radical (unpaired) electrons. The molecule has 0 bridgehead atoms. The van der Waals surface area contributed by atoms with Crippen molar-refractivity contribution in [2.75, 3.05) is 5.73 Å². The van der Waals surface area contributed by atoms with Gasteiger partial charge in [0.1, 0.15) is 11.6 Å². The number of halogens is 3. The fraction of sp³-hybridized carbons (Fsp3) is 0.100. The summed E-state index contributed by atoms with van der Waals surface area (Å²) in [4.78, 5) is 3.60. The molecule has 0 saturated carbocycles. The van der Waals surface area contributed by atoms with E-state index in [0.29, 0.717) is 6.07 Å². The van der Waals surface area contributed by atoms with E-state index >= 15 is 0 Å². The number of anilines is 1. The summed E-state index contributed by atoms with van der Waals surface area (Å²) in [6.07, 6.45) is 1.27. The highest BCUT2D eigenvalue weighted by molar-refractivity contribution is 5.25. The van der Waals surface area contributed by atoms with Crippen molar-refractivity contribution in [1.29, 1.82) is 0 Å². The molecule has 0 aliphatic rings.